The molecule has 0 fully saturated rings. The minimum absolute atomic E-state index is 0.959. The lowest BCUT2D eigenvalue weighted by Gasteiger charge is -2.11. The lowest BCUT2D eigenvalue weighted by Crippen LogP contribution is -1.91. The van der Waals surface area contributed by atoms with E-state index in [9.17, 15) is 0 Å². The Hall–Kier alpha value is -6.03. The van der Waals surface area contributed by atoms with Crippen molar-refractivity contribution in [2.24, 2.45) is 0 Å². The van der Waals surface area contributed by atoms with Crippen LogP contribution in [-0.2, 0) is 0 Å². The van der Waals surface area contributed by atoms with E-state index in [2.05, 4.69) is 182 Å². The molecule has 3 heteroatoms. The normalized spacial score (nSPS) is 10.9. The summed E-state index contributed by atoms with van der Waals surface area (Å²) in [7, 11) is 0. The molecule has 6 aromatic carbocycles. The van der Waals surface area contributed by atoms with E-state index in [1.165, 1.54) is 20.9 Å². The van der Waals surface area contributed by atoms with E-state index < -0.39 is 0 Å². The Bertz CT molecular complexity index is 2020. The average Bonchev–Trinajstić information content (AvgIpc) is 3.19. The van der Waals surface area contributed by atoms with Gasteiger partial charge in [-0.05, 0) is 70.8 Å². The molecule has 0 saturated carbocycles. The van der Waals surface area contributed by atoms with Gasteiger partial charge in [-0.15, -0.1) is 0 Å². The molecule has 8 rings (SSSR count). The number of nitrogens with zero attached hydrogens (tertiary/aromatic N) is 2. The molecule has 0 aliphatic heterocycles. The van der Waals surface area contributed by atoms with E-state index in [0.29, 0.717) is 0 Å². The first-order valence-electron chi connectivity index (χ1n) is 16.4. The molecule has 8 aromatic rings. The summed E-state index contributed by atoms with van der Waals surface area (Å²) in [5, 5.41) is 0. The zero-order valence-electron chi connectivity index (χ0n) is 26.8. The van der Waals surface area contributed by atoms with Crippen LogP contribution in [0, 0.1) is 0 Å². The molecule has 0 unspecified atom stereocenters. The van der Waals surface area contributed by atoms with Crippen molar-refractivity contribution in [3.63, 3.8) is 0 Å². The van der Waals surface area contributed by atoms with Crippen molar-refractivity contribution in [3.8, 4) is 67.3 Å². The summed E-state index contributed by atoms with van der Waals surface area (Å²) in [4.78, 5) is 12.5. The van der Waals surface area contributed by atoms with Gasteiger partial charge in [0.1, 0.15) is 0 Å². The van der Waals surface area contributed by atoms with Crippen LogP contribution in [0.15, 0.2) is 204 Å². The summed E-state index contributed by atoms with van der Waals surface area (Å²) in [6, 6.07) is 68.0. The SMILES string of the molecule is c1ccc(-c2cc(-c3ccccc3)nc(-c3ccc(Sc4ccc(-c5cc(-c6ccccc6)cc(-c6ccccc6)n5)cc4)cc3)c2)cc1. The van der Waals surface area contributed by atoms with E-state index in [1.807, 2.05) is 12.1 Å². The Balaban J connectivity index is 1.06. The monoisotopic (exact) mass is 644 g/mol. The maximum atomic E-state index is 5.09. The molecule has 0 radical (unpaired) electrons. The number of rotatable bonds is 8. The molecular formula is C46H32N2S. The second-order valence-corrected chi connectivity index (χ2v) is 13.0. The molecule has 0 amide bonds. The van der Waals surface area contributed by atoms with Crippen LogP contribution < -0.4 is 0 Å². The van der Waals surface area contributed by atoms with Crippen molar-refractivity contribution in [2.45, 2.75) is 9.79 Å². The Morgan fingerprint density at radius 3 is 0.816 bits per heavy atom. The van der Waals surface area contributed by atoms with Gasteiger partial charge in [-0.25, -0.2) is 9.97 Å². The van der Waals surface area contributed by atoms with Crippen LogP contribution in [-0.4, -0.2) is 9.97 Å². The van der Waals surface area contributed by atoms with Gasteiger partial charge < -0.3 is 0 Å². The van der Waals surface area contributed by atoms with Crippen molar-refractivity contribution in [3.05, 3.63) is 194 Å². The molecule has 0 aliphatic rings. The van der Waals surface area contributed by atoms with Crippen LogP contribution in [0.2, 0.25) is 0 Å². The highest BCUT2D eigenvalue weighted by atomic mass is 32.2. The Morgan fingerprint density at radius 2 is 0.510 bits per heavy atom. The summed E-state index contributed by atoms with van der Waals surface area (Å²) in [6.45, 7) is 0. The van der Waals surface area contributed by atoms with Crippen LogP contribution >= 0.6 is 11.8 Å². The van der Waals surface area contributed by atoms with Gasteiger partial charge >= 0.3 is 0 Å². The molecule has 0 saturated heterocycles. The Morgan fingerprint density at radius 1 is 0.245 bits per heavy atom. The number of hydrogen-bond donors (Lipinski definition) is 0. The van der Waals surface area contributed by atoms with Crippen molar-refractivity contribution in [2.75, 3.05) is 0 Å². The third-order valence-corrected chi connectivity index (χ3v) is 9.56. The third-order valence-electron chi connectivity index (χ3n) is 8.54. The predicted molar refractivity (Wildman–Crippen MR) is 205 cm³/mol. The van der Waals surface area contributed by atoms with E-state index >= 15 is 0 Å². The van der Waals surface area contributed by atoms with Crippen LogP contribution in [0.4, 0.5) is 0 Å². The van der Waals surface area contributed by atoms with Crippen LogP contribution in [0.5, 0.6) is 0 Å². The third kappa shape index (κ3) is 6.99. The minimum Gasteiger partial charge on any atom is -0.248 e. The molecule has 232 valence electrons. The van der Waals surface area contributed by atoms with Crippen LogP contribution in [0.25, 0.3) is 67.3 Å². The smallest absolute Gasteiger partial charge is 0.0715 e. The predicted octanol–water partition coefficient (Wildman–Crippen LogP) is 12.6. The summed E-state index contributed by atoms with van der Waals surface area (Å²) >= 11 is 1.75. The highest BCUT2D eigenvalue weighted by Gasteiger charge is 2.11. The summed E-state index contributed by atoms with van der Waals surface area (Å²) in [5.41, 5.74) is 12.9. The summed E-state index contributed by atoms with van der Waals surface area (Å²) in [6.07, 6.45) is 0. The van der Waals surface area contributed by atoms with Gasteiger partial charge in [0.15, 0.2) is 0 Å². The van der Waals surface area contributed by atoms with Crippen LogP contribution in [0.3, 0.4) is 0 Å². The van der Waals surface area contributed by atoms with E-state index in [4.69, 9.17) is 9.97 Å². The standard InChI is InChI=1S/C46H32N2S/c1-5-13-33(14-6-1)39-29-43(35-17-9-3-10-18-35)47-45(31-39)37-21-25-41(26-22-37)49-42-27-23-38(24-28-42)46-32-40(34-15-7-2-8-16-34)30-44(48-46)36-19-11-4-12-20-36/h1-32H. The van der Waals surface area contributed by atoms with Crippen molar-refractivity contribution in [1.82, 2.24) is 9.97 Å². The fraction of sp³-hybridized carbons (Fsp3) is 0. The first-order chi connectivity index (χ1) is 24.2. The molecular weight excluding hydrogens is 613 g/mol. The highest BCUT2D eigenvalue weighted by molar-refractivity contribution is 7.99. The minimum atomic E-state index is 0.959. The molecule has 2 nitrogen and oxygen atoms in total. The average molecular weight is 645 g/mol. The zero-order valence-corrected chi connectivity index (χ0v) is 27.6. The molecule has 2 aromatic heterocycles. The van der Waals surface area contributed by atoms with Gasteiger partial charge in [-0.3, -0.25) is 0 Å². The fourth-order valence-corrected chi connectivity index (χ4v) is 6.81. The van der Waals surface area contributed by atoms with Gasteiger partial charge in [0, 0.05) is 32.0 Å². The number of hydrogen-bond acceptors (Lipinski definition) is 3. The molecule has 0 spiro atoms. The van der Waals surface area contributed by atoms with E-state index in [0.717, 1.165) is 56.2 Å². The van der Waals surface area contributed by atoms with E-state index in [1.54, 1.807) is 11.8 Å². The van der Waals surface area contributed by atoms with Gasteiger partial charge in [0.05, 0.1) is 22.8 Å². The van der Waals surface area contributed by atoms with Crippen LogP contribution in [0.1, 0.15) is 0 Å². The quantitative estimate of drug-likeness (QED) is 0.165. The second kappa shape index (κ2) is 14.0. The molecule has 2 heterocycles. The summed E-state index contributed by atoms with van der Waals surface area (Å²) < 4.78 is 0. The summed E-state index contributed by atoms with van der Waals surface area (Å²) in [5.74, 6) is 0. The van der Waals surface area contributed by atoms with E-state index in [-0.39, 0.29) is 0 Å². The Labute approximate surface area is 291 Å². The highest BCUT2D eigenvalue weighted by Crippen LogP contribution is 2.35. The second-order valence-electron chi connectivity index (χ2n) is 11.9. The maximum absolute atomic E-state index is 5.09. The topological polar surface area (TPSA) is 25.8 Å². The van der Waals surface area contributed by atoms with Crippen molar-refractivity contribution < 1.29 is 0 Å². The van der Waals surface area contributed by atoms with Crippen molar-refractivity contribution in [1.29, 1.82) is 0 Å². The molecule has 0 atom stereocenters. The lowest BCUT2D eigenvalue weighted by molar-refractivity contribution is 1.31. The number of benzene rings is 6. The van der Waals surface area contributed by atoms with Gasteiger partial charge in [0.2, 0.25) is 0 Å². The van der Waals surface area contributed by atoms with Gasteiger partial charge in [-0.1, -0.05) is 157 Å². The fourth-order valence-electron chi connectivity index (χ4n) is 5.99. The zero-order chi connectivity index (χ0) is 32.8. The number of pyridine rings is 2. The molecule has 0 N–H and O–H groups in total. The van der Waals surface area contributed by atoms with Crippen molar-refractivity contribution >= 4 is 11.8 Å². The molecule has 0 bridgehead atoms. The van der Waals surface area contributed by atoms with Gasteiger partial charge in [0.25, 0.3) is 0 Å². The number of aromatic nitrogens is 2. The largest absolute Gasteiger partial charge is 0.248 e. The maximum Gasteiger partial charge on any atom is 0.0715 e. The first kappa shape index (κ1) is 30.3. The Kier molecular flexibility index (Phi) is 8.65. The molecule has 0 aliphatic carbocycles. The first-order valence-corrected chi connectivity index (χ1v) is 17.2. The van der Waals surface area contributed by atoms with Gasteiger partial charge in [-0.2, -0.15) is 0 Å². The molecule has 49 heavy (non-hydrogen) atoms. The lowest BCUT2D eigenvalue weighted by atomic mass is 10.00.